The summed E-state index contributed by atoms with van der Waals surface area (Å²) in [6.45, 7) is 1.95. The molecule has 0 saturated carbocycles. The van der Waals surface area contributed by atoms with Gasteiger partial charge in [-0.3, -0.25) is 0 Å². The zero-order valence-corrected chi connectivity index (χ0v) is 20.8. The Morgan fingerprint density at radius 3 is 2.67 bits per heavy atom. The molecule has 4 N–H and O–H groups in total. The molecule has 0 spiro atoms. The van der Waals surface area contributed by atoms with E-state index in [1.807, 2.05) is 30.4 Å². The van der Waals surface area contributed by atoms with E-state index in [1.54, 1.807) is 12.4 Å². The van der Waals surface area contributed by atoms with Crippen LogP contribution in [0.25, 0.3) is 22.4 Å². The van der Waals surface area contributed by atoms with E-state index in [0.717, 1.165) is 34.0 Å². The first-order valence-corrected chi connectivity index (χ1v) is 13.6. The lowest BCUT2D eigenvalue weighted by atomic mass is 10.2. The molecule has 0 amide bonds. The molecule has 5 rings (SSSR count). The quantitative estimate of drug-likeness (QED) is 0.348. The van der Waals surface area contributed by atoms with Crippen molar-refractivity contribution in [2.75, 3.05) is 37.2 Å². The maximum Gasteiger partial charge on any atom is 0.246 e. The number of anilines is 3. The zero-order valence-electron chi connectivity index (χ0n) is 19.2. The molecule has 36 heavy (non-hydrogen) atoms. The van der Waals surface area contributed by atoms with Crippen LogP contribution in [0.4, 0.5) is 21.2 Å². The Hall–Kier alpha value is -3.45. The molecule has 1 saturated heterocycles. The lowest BCUT2D eigenvalue weighted by Gasteiger charge is -2.20. The minimum absolute atomic E-state index is 0.266. The van der Waals surface area contributed by atoms with E-state index in [9.17, 15) is 12.8 Å². The fraction of sp³-hybridized carbons (Fsp3) is 0.208. The van der Waals surface area contributed by atoms with Crippen LogP contribution in [0.15, 0.2) is 53.7 Å². The van der Waals surface area contributed by atoms with Gasteiger partial charge in [0.05, 0.1) is 10.2 Å². The molecular formula is C24H24FN7O2S2. The van der Waals surface area contributed by atoms with Gasteiger partial charge in [-0.05, 0) is 48.9 Å². The molecule has 12 heteroatoms. The summed E-state index contributed by atoms with van der Waals surface area (Å²) in [5, 5.41) is 6.60. The maximum absolute atomic E-state index is 14.8. The number of halogens is 1. The van der Waals surface area contributed by atoms with Gasteiger partial charge in [-0.25, -0.2) is 27.8 Å². The van der Waals surface area contributed by atoms with Crippen molar-refractivity contribution in [2.45, 2.75) is 11.3 Å². The first-order chi connectivity index (χ1) is 17.4. The molecule has 0 unspecified atom stereocenters. The number of nitrogens with zero attached hydrogens (tertiary/aromatic N) is 4. The minimum atomic E-state index is -3.91. The van der Waals surface area contributed by atoms with Crippen LogP contribution in [0.2, 0.25) is 0 Å². The number of nitrogens with one attached hydrogen (secondary N) is 2. The van der Waals surface area contributed by atoms with Crippen LogP contribution in [0.1, 0.15) is 17.5 Å². The Kier molecular flexibility index (Phi) is 6.92. The number of rotatable bonds is 6. The van der Waals surface area contributed by atoms with Gasteiger partial charge in [0.15, 0.2) is 5.13 Å². The molecule has 3 heterocycles. The highest BCUT2D eigenvalue weighted by atomic mass is 32.2. The zero-order chi connectivity index (χ0) is 25.1. The third-order valence-corrected chi connectivity index (χ3v) is 8.45. The van der Waals surface area contributed by atoms with Gasteiger partial charge < -0.3 is 16.4 Å². The number of sulfonamides is 1. The smallest absolute Gasteiger partial charge is 0.246 e. The molecular weight excluding hydrogens is 501 g/mol. The summed E-state index contributed by atoms with van der Waals surface area (Å²) < 4.78 is 42.9. The standard InChI is InChI=1S/C24H24FN7O2S2/c25-19-13-18(5-7-22(19)36(33,34)32-10-1-8-27-9-11-32)30-24-28-14-17(15-29-24)3-2-16-4-6-20-21(12-16)35-23(26)31-20/h2-7,12-15,27H,1,8-11H2,(H2,26,31)(H,28,29,30)/b3-2+. The van der Waals surface area contributed by atoms with Crippen LogP contribution in [0, 0.1) is 5.82 Å². The van der Waals surface area contributed by atoms with E-state index in [2.05, 4.69) is 25.6 Å². The van der Waals surface area contributed by atoms with Crippen LogP contribution in [0.3, 0.4) is 0 Å². The van der Waals surface area contributed by atoms with Gasteiger partial charge in [-0.1, -0.05) is 29.6 Å². The topological polar surface area (TPSA) is 126 Å². The average molecular weight is 526 g/mol. The number of nitrogens with two attached hydrogens (primary N) is 1. The average Bonchev–Trinajstić information content (AvgIpc) is 3.04. The third-order valence-electron chi connectivity index (χ3n) is 5.67. The molecule has 1 aliphatic rings. The van der Waals surface area contributed by atoms with Crippen LogP contribution < -0.4 is 16.4 Å². The molecule has 2 aromatic carbocycles. The molecule has 9 nitrogen and oxygen atoms in total. The van der Waals surface area contributed by atoms with Crippen molar-refractivity contribution in [3.8, 4) is 0 Å². The summed E-state index contributed by atoms with van der Waals surface area (Å²) >= 11 is 1.44. The number of hydrogen-bond acceptors (Lipinski definition) is 9. The molecule has 186 valence electrons. The fourth-order valence-electron chi connectivity index (χ4n) is 3.86. The highest BCUT2D eigenvalue weighted by Gasteiger charge is 2.28. The number of aromatic nitrogens is 3. The lowest BCUT2D eigenvalue weighted by Crippen LogP contribution is -2.34. The van der Waals surface area contributed by atoms with Gasteiger partial charge in [0, 0.05) is 43.3 Å². The molecule has 2 aromatic heterocycles. The maximum atomic E-state index is 14.8. The number of fused-ring (bicyclic) bond motifs is 1. The Morgan fingerprint density at radius 2 is 1.86 bits per heavy atom. The molecule has 1 fully saturated rings. The Morgan fingerprint density at radius 1 is 1.06 bits per heavy atom. The van der Waals surface area contributed by atoms with Crippen LogP contribution >= 0.6 is 11.3 Å². The second kappa shape index (κ2) is 10.3. The van der Waals surface area contributed by atoms with Crippen LogP contribution in [0.5, 0.6) is 0 Å². The monoisotopic (exact) mass is 525 g/mol. The van der Waals surface area contributed by atoms with E-state index < -0.39 is 15.8 Å². The minimum Gasteiger partial charge on any atom is -0.375 e. The normalized spacial score (nSPS) is 15.4. The van der Waals surface area contributed by atoms with Crippen molar-refractivity contribution in [3.05, 3.63) is 65.7 Å². The Balaban J connectivity index is 1.26. The van der Waals surface area contributed by atoms with Gasteiger partial charge in [-0.2, -0.15) is 4.31 Å². The molecule has 0 radical (unpaired) electrons. The number of hydrogen-bond donors (Lipinski definition) is 3. The van der Waals surface area contributed by atoms with Crippen LogP contribution in [-0.2, 0) is 10.0 Å². The van der Waals surface area contributed by atoms with Crippen molar-refractivity contribution in [1.29, 1.82) is 0 Å². The van der Waals surface area contributed by atoms with Gasteiger partial charge in [0.1, 0.15) is 10.7 Å². The van der Waals surface area contributed by atoms with Gasteiger partial charge >= 0.3 is 0 Å². The predicted molar refractivity (Wildman–Crippen MR) is 141 cm³/mol. The van der Waals surface area contributed by atoms with Crippen molar-refractivity contribution in [3.63, 3.8) is 0 Å². The Labute approximate surface area is 212 Å². The highest BCUT2D eigenvalue weighted by Crippen LogP contribution is 2.26. The third kappa shape index (κ3) is 5.36. The largest absolute Gasteiger partial charge is 0.375 e. The van der Waals surface area contributed by atoms with Gasteiger partial charge in [-0.15, -0.1) is 0 Å². The van der Waals surface area contributed by atoms with E-state index in [0.29, 0.717) is 36.9 Å². The number of nitrogen functional groups attached to an aromatic ring is 1. The van der Waals surface area contributed by atoms with Gasteiger partial charge in [0.2, 0.25) is 16.0 Å². The van der Waals surface area contributed by atoms with E-state index in [-0.39, 0.29) is 10.8 Å². The van der Waals surface area contributed by atoms with Crippen molar-refractivity contribution < 1.29 is 12.8 Å². The fourth-order valence-corrected chi connectivity index (χ4v) is 6.17. The van der Waals surface area contributed by atoms with Crippen LogP contribution in [-0.4, -0.2) is 53.9 Å². The molecule has 1 aliphatic heterocycles. The van der Waals surface area contributed by atoms with Crippen molar-refractivity contribution in [1.82, 2.24) is 24.6 Å². The number of thiazole rings is 1. The summed E-state index contributed by atoms with van der Waals surface area (Å²) in [6, 6.07) is 9.81. The summed E-state index contributed by atoms with van der Waals surface area (Å²) in [7, 11) is -3.91. The second-order valence-corrected chi connectivity index (χ2v) is 11.2. The number of benzene rings is 2. The van der Waals surface area contributed by atoms with Crippen molar-refractivity contribution in [2.24, 2.45) is 0 Å². The highest BCUT2D eigenvalue weighted by molar-refractivity contribution is 7.89. The van der Waals surface area contributed by atoms with E-state index >= 15 is 0 Å². The summed E-state index contributed by atoms with van der Waals surface area (Å²) in [5.74, 6) is -0.557. The molecule has 0 atom stereocenters. The van der Waals surface area contributed by atoms with E-state index in [4.69, 9.17) is 5.73 Å². The Bertz CT molecular complexity index is 1510. The summed E-state index contributed by atoms with van der Waals surface area (Å²) in [5.41, 5.74) is 8.76. The predicted octanol–water partition coefficient (Wildman–Crippen LogP) is 3.71. The lowest BCUT2D eigenvalue weighted by molar-refractivity contribution is 0.427. The first-order valence-electron chi connectivity index (χ1n) is 11.3. The van der Waals surface area contributed by atoms with Gasteiger partial charge in [0.25, 0.3) is 0 Å². The first kappa shape index (κ1) is 24.3. The summed E-state index contributed by atoms with van der Waals surface area (Å²) in [6.07, 6.45) is 7.78. The SMILES string of the molecule is Nc1nc2ccc(/C=C/c3cnc(Nc4ccc(S(=O)(=O)N5CCCNCC5)c(F)c4)nc3)cc2s1. The molecule has 0 bridgehead atoms. The van der Waals surface area contributed by atoms with E-state index in [1.165, 1.54) is 27.8 Å². The molecule has 0 aliphatic carbocycles. The second-order valence-electron chi connectivity index (χ2n) is 8.23. The summed E-state index contributed by atoms with van der Waals surface area (Å²) in [4.78, 5) is 12.5. The molecule has 4 aromatic rings. The van der Waals surface area contributed by atoms with Crippen molar-refractivity contribution >= 4 is 60.5 Å².